The third-order valence-corrected chi connectivity index (χ3v) is 3.45. The zero-order valence-corrected chi connectivity index (χ0v) is 13.8. The Bertz CT molecular complexity index is 395. The summed E-state index contributed by atoms with van der Waals surface area (Å²) in [7, 11) is 1.73. The summed E-state index contributed by atoms with van der Waals surface area (Å²) in [6.07, 6.45) is 1.85. The summed E-state index contributed by atoms with van der Waals surface area (Å²) in [5.41, 5.74) is 3.51. The minimum absolute atomic E-state index is 0.436. The van der Waals surface area contributed by atoms with E-state index in [0.29, 0.717) is 12.0 Å². The van der Waals surface area contributed by atoms with E-state index in [9.17, 15) is 0 Å². The zero-order chi connectivity index (χ0) is 15.1. The van der Waals surface area contributed by atoms with E-state index in [1.807, 2.05) is 0 Å². The smallest absolute Gasteiger partial charge is 0.128 e. The van der Waals surface area contributed by atoms with Crippen LogP contribution in [-0.2, 0) is 11.2 Å². The van der Waals surface area contributed by atoms with E-state index in [2.05, 4.69) is 49.9 Å². The summed E-state index contributed by atoms with van der Waals surface area (Å²) in [6, 6.07) is 0.507. The van der Waals surface area contributed by atoms with Crippen LogP contribution in [0.5, 0.6) is 0 Å². The topological polar surface area (TPSA) is 47.0 Å². The van der Waals surface area contributed by atoms with Gasteiger partial charge in [0.2, 0.25) is 0 Å². The molecule has 0 saturated carbocycles. The summed E-state index contributed by atoms with van der Waals surface area (Å²) in [4.78, 5) is 9.32. The van der Waals surface area contributed by atoms with E-state index in [0.717, 1.165) is 43.2 Å². The van der Waals surface area contributed by atoms with E-state index in [4.69, 9.17) is 4.74 Å². The maximum atomic E-state index is 5.08. The molecule has 0 bridgehead atoms. The predicted molar refractivity (Wildman–Crippen MR) is 83.3 cm³/mol. The molecule has 1 atom stereocenters. The number of rotatable bonds is 8. The number of nitrogens with one attached hydrogen (secondary N) is 1. The third kappa shape index (κ3) is 5.17. The van der Waals surface area contributed by atoms with Gasteiger partial charge in [-0.2, -0.15) is 0 Å². The molecule has 0 saturated heterocycles. The zero-order valence-electron chi connectivity index (χ0n) is 13.8. The standard InChI is InChI=1S/C16H29N3O/c1-11(2)17-10-12(3)16-13(4)18-15(19-14(16)5)8-7-9-20-6/h11-12,17H,7-10H2,1-6H3. The quantitative estimate of drug-likeness (QED) is 0.743. The first kappa shape index (κ1) is 17.1. The Balaban J connectivity index is 2.77. The van der Waals surface area contributed by atoms with Crippen molar-refractivity contribution < 1.29 is 4.74 Å². The lowest BCUT2D eigenvalue weighted by molar-refractivity contribution is 0.194. The number of hydrogen-bond donors (Lipinski definition) is 1. The Labute approximate surface area is 123 Å². The summed E-state index contributed by atoms with van der Waals surface area (Å²) in [6.45, 7) is 12.5. The first-order valence-corrected chi connectivity index (χ1v) is 7.52. The number of aryl methyl sites for hydroxylation is 3. The van der Waals surface area contributed by atoms with Crippen LogP contribution in [0.1, 0.15) is 55.9 Å². The molecule has 4 nitrogen and oxygen atoms in total. The maximum Gasteiger partial charge on any atom is 0.128 e. The molecule has 1 rings (SSSR count). The van der Waals surface area contributed by atoms with E-state index in [-0.39, 0.29) is 0 Å². The van der Waals surface area contributed by atoms with Gasteiger partial charge >= 0.3 is 0 Å². The minimum atomic E-state index is 0.436. The molecule has 0 fully saturated rings. The first-order chi connectivity index (χ1) is 9.45. The van der Waals surface area contributed by atoms with Crippen molar-refractivity contribution in [3.63, 3.8) is 0 Å². The number of ether oxygens (including phenoxy) is 1. The number of nitrogens with zero attached hydrogens (tertiary/aromatic N) is 2. The molecule has 4 heteroatoms. The fourth-order valence-electron chi connectivity index (χ4n) is 2.51. The van der Waals surface area contributed by atoms with Crippen LogP contribution in [0.15, 0.2) is 0 Å². The largest absolute Gasteiger partial charge is 0.385 e. The Hall–Kier alpha value is -1.00. The van der Waals surface area contributed by atoms with Crippen LogP contribution in [0.4, 0.5) is 0 Å². The Morgan fingerprint density at radius 3 is 2.20 bits per heavy atom. The lowest BCUT2D eigenvalue weighted by Gasteiger charge is -2.19. The average Bonchev–Trinajstić information content (AvgIpc) is 2.36. The summed E-state index contributed by atoms with van der Waals surface area (Å²) >= 11 is 0. The number of methoxy groups -OCH3 is 1. The lowest BCUT2D eigenvalue weighted by atomic mass is 9.97. The molecular weight excluding hydrogens is 250 g/mol. The third-order valence-electron chi connectivity index (χ3n) is 3.45. The molecule has 20 heavy (non-hydrogen) atoms. The van der Waals surface area contributed by atoms with Gasteiger partial charge in [-0.25, -0.2) is 9.97 Å². The van der Waals surface area contributed by atoms with Crippen LogP contribution in [0.3, 0.4) is 0 Å². The highest BCUT2D eigenvalue weighted by Gasteiger charge is 2.15. The molecule has 0 aliphatic rings. The van der Waals surface area contributed by atoms with Crippen molar-refractivity contribution in [3.8, 4) is 0 Å². The van der Waals surface area contributed by atoms with Crippen molar-refractivity contribution in [1.29, 1.82) is 0 Å². The molecule has 1 unspecified atom stereocenters. The maximum absolute atomic E-state index is 5.08. The molecule has 0 spiro atoms. The monoisotopic (exact) mass is 279 g/mol. The van der Waals surface area contributed by atoms with E-state index < -0.39 is 0 Å². The van der Waals surface area contributed by atoms with E-state index in [1.165, 1.54) is 5.56 Å². The van der Waals surface area contributed by atoms with Crippen LogP contribution in [0.2, 0.25) is 0 Å². The fourth-order valence-corrected chi connectivity index (χ4v) is 2.51. The summed E-state index contributed by atoms with van der Waals surface area (Å²) < 4.78 is 5.08. The van der Waals surface area contributed by atoms with Gasteiger partial charge in [-0.1, -0.05) is 20.8 Å². The van der Waals surface area contributed by atoms with E-state index in [1.54, 1.807) is 7.11 Å². The molecule has 0 amide bonds. The molecule has 1 aromatic heterocycles. The fraction of sp³-hybridized carbons (Fsp3) is 0.750. The Kier molecular flexibility index (Phi) is 7.10. The van der Waals surface area contributed by atoms with Crippen molar-refractivity contribution in [1.82, 2.24) is 15.3 Å². The van der Waals surface area contributed by atoms with Gasteiger partial charge in [0.25, 0.3) is 0 Å². The normalized spacial score (nSPS) is 12.9. The summed E-state index contributed by atoms with van der Waals surface area (Å²) in [5, 5.41) is 3.48. The van der Waals surface area contributed by atoms with Gasteiger partial charge in [-0.05, 0) is 31.7 Å². The van der Waals surface area contributed by atoms with Gasteiger partial charge in [-0.15, -0.1) is 0 Å². The second-order valence-electron chi connectivity index (χ2n) is 5.78. The molecular formula is C16H29N3O. The number of hydrogen-bond acceptors (Lipinski definition) is 4. The van der Waals surface area contributed by atoms with Crippen molar-refractivity contribution in [2.45, 2.75) is 59.4 Å². The van der Waals surface area contributed by atoms with Crippen LogP contribution in [0, 0.1) is 13.8 Å². The van der Waals surface area contributed by atoms with Crippen LogP contribution in [0.25, 0.3) is 0 Å². The van der Waals surface area contributed by atoms with Gasteiger partial charge < -0.3 is 10.1 Å². The molecule has 1 N–H and O–H groups in total. The van der Waals surface area contributed by atoms with Gasteiger partial charge in [-0.3, -0.25) is 0 Å². The SMILES string of the molecule is COCCCc1nc(C)c(C(C)CNC(C)C)c(C)n1. The van der Waals surface area contributed by atoms with Crippen molar-refractivity contribution >= 4 is 0 Å². The minimum Gasteiger partial charge on any atom is -0.385 e. The second kappa shape index (κ2) is 8.32. The van der Waals surface area contributed by atoms with Crippen LogP contribution in [-0.4, -0.2) is 36.3 Å². The molecule has 0 aliphatic heterocycles. The van der Waals surface area contributed by atoms with Crippen molar-refractivity contribution in [3.05, 3.63) is 22.8 Å². The first-order valence-electron chi connectivity index (χ1n) is 7.52. The van der Waals surface area contributed by atoms with Gasteiger partial charge in [0.15, 0.2) is 0 Å². The van der Waals surface area contributed by atoms with Gasteiger partial charge in [0.1, 0.15) is 5.82 Å². The van der Waals surface area contributed by atoms with Gasteiger partial charge in [0, 0.05) is 44.1 Å². The lowest BCUT2D eigenvalue weighted by Crippen LogP contribution is -2.28. The van der Waals surface area contributed by atoms with Crippen molar-refractivity contribution in [2.24, 2.45) is 0 Å². The van der Waals surface area contributed by atoms with Crippen LogP contribution < -0.4 is 5.32 Å². The Morgan fingerprint density at radius 2 is 1.70 bits per heavy atom. The average molecular weight is 279 g/mol. The highest BCUT2D eigenvalue weighted by molar-refractivity contribution is 5.28. The van der Waals surface area contributed by atoms with Crippen molar-refractivity contribution in [2.75, 3.05) is 20.3 Å². The second-order valence-corrected chi connectivity index (χ2v) is 5.78. The van der Waals surface area contributed by atoms with Gasteiger partial charge in [0.05, 0.1) is 0 Å². The Morgan fingerprint density at radius 1 is 1.10 bits per heavy atom. The highest BCUT2D eigenvalue weighted by atomic mass is 16.5. The summed E-state index contributed by atoms with van der Waals surface area (Å²) in [5.74, 6) is 1.37. The number of aromatic nitrogens is 2. The molecule has 114 valence electrons. The highest BCUT2D eigenvalue weighted by Crippen LogP contribution is 2.21. The molecule has 0 aromatic carbocycles. The molecule has 0 aliphatic carbocycles. The molecule has 1 aromatic rings. The predicted octanol–water partition coefficient (Wildman–Crippen LogP) is 2.77. The molecule has 0 radical (unpaired) electrons. The van der Waals surface area contributed by atoms with E-state index >= 15 is 0 Å². The molecule has 1 heterocycles. The van der Waals surface area contributed by atoms with Crippen LogP contribution >= 0.6 is 0 Å².